The van der Waals surface area contributed by atoms with E-state index in [2.05, 4.69) is 20.8 Å². The molecule has 2 atom stereocenters. The zero-order chi connectivity index (χ0) is 10.8. The maximum absolute atomic E-state index is 5.77. The van der Waals surface area contributed by atoms with E-state index in [4.69, 9.17) is 10.5 Å². The van der Waals surface area contributed by atoms with Crippen molar-refractivity contribution in [2.75, 3.05) is 13.2 Å². The van der Waals surface area contributed by atoms with E-state index in [9.17, 15) is 0 Å². The van der Waals surface area contributed by atoms with Gasteiger partial charge in [0.25, 0.3) is 0 Å². The fraction of sp³-hybridized carbons (Fsp3) is 1.00. The van der Waals surface area contributed by atoms with Crippen LogP contribution in [0, 0.1) is 5.92 Å². The van der Waals surface area contributed by atoms with Crippen LogP contribution < -0.4 is 5.73 Å². The van der Waals surface area contributed by atoms with E-state index in [-0.39, 0.29) is 6.10 Å². The number of rotatable bonds is 9. The second-order valence-electron chi connectivity index (χ2n) is 4.02. The first-order valence-electron chi connectivity index (χ1n) is 6.10. The van der Waals surface area contributed by atoms with Crippen molar-refractivity contribution in [2.24, 2.45) is 11.7 Å². The molecule has 0 saturated heterocycles. The molecule has 0 spiro atoms. The van der Waals surface area contributed by atoms with Crippen molar-refractivity contribution in [3.8, 4) is 0 Å². The zero-order valence-electron chi connectivity index (χ0n) is 10.1. The molecule has 0 heterocycles. The van der Waals surface area contributed by atoms with Crippen LogP contribution in [0.4, 0.5) is 0 Å². The van der Waals surface area contributed by atoms with Crippen molar-refractivity contribution in [1.29, 1.82) is 0 Å². The molecule has 2 nitrogen and oxygen atoms in total. The summed E-state index contributed by atoms with van der Waals surface area (Å²) in [5, 5.41) is 0. The van der Waals surface area contributed by atoms with E-state index >= 15 is 0 Å². The Hall–Kier alpha value is -0.0800. The van der Waals surface area contributed by atoms with Gasteiger partial charge in [-0.2, -0.15) is 0 Å². The summed E-state index contributed by atoms with van der Waals surface area (Å²) in [6.45, 7) is 8.16. The minimum atomic E-state index is 0.269. The molecular formula is C12H27NO. The molecule has 0 rings (SSSR count). The van der Waals surface area contributed by atoms with Crippen molar-refractivity contribution in [3.63, 3.8) is 0 Å². The van der Waals surface area contributed by atoms with Crippen LogP contribution in [0.15, 0.2) is 0 Å². The quantitative estimate of drug-likeness (QED) is 0.622. The predicted octanol–water partition coefficient (Wildman–Crippen LogP) is 2.96. The van der Waals surface area contributed by atoms with Crippen molar-refractivity contribution in [1.82, 2.24) is 0 Å². The van der Waals surface area contributed by atoms with Crippen molar-refractivity contribution in [2.45, 2.75) is 59.0 Å². The van der Waals surface area contributed by atoms with Crippen LogP contribution in [0.3, 0.4) is 0 Å². The summed E-state index contributed by atoms with van der Waals surface area (Å²) in [5.41, 5.74) is 5.59. The van der Waals surface area contributed by atoms with E-state index in [1.165, 1.54) is 25.7 Å². The van der Waals surface area contributed by atoms with Gasteiger partial charge in [0, 0.05) is 13.2 Å². The molecule has 0 fully saturated rings. The Morgan fingerprint density at radius 2 is 1.86 bits per heavy atom. The average Bonchev–Trinajstić information content (AvgIpc) is 2.23. The molecule has 0 aromatic heterocycles. The monoisotopic (exact) mass is 201 g/mol. The molecular weight excluding hydrogens is 174 g/mol. The van der Waals surface area contributed by atoms with Gasteiger partial charge in [0.1, 0.15) is 0 Å². The van der Waals surface area contributed by atoms with Crippen molar-refractivity contribution >= 4 is 0 Å². The third kappa shape index (κ3) is 6.39. The molecule has 0 aliphatic rings. The molecule has 0 aliphatic carbocycles. The molecule has 0 aromatic rings. The van der Waals surface area contributed by atoms with Crippen LogP contribution in [0.2, 0.25) is 0 Å². The highest BCUT2D eigenvalue weighted by molar-refractivity contribution is 4.60. The largest absolute Gasteiger partial charge is 0.377 e. The molecule has 0 amide bonds. The summed E-state index contributed by atoms with van der Waals surface area (Å²) in [7, 11) is 0. The number of unbranched alkanes of at least 4 members (excludes halogenated alkanes) is 1. The van der Waals surface area contributed by atoms with Gasteiger partial charge in [0.05, 0.1) is 6.10 Å². The van der Waals surface area contributed by atoms with Gasteiger partial charge >= 0.3 is 0 Å². The van der Waals surface area contributed by atoms with Crippen molar-refractivity contribution < 1.29 is 4.74 Å². The van der Waals surface area contributed by atoms with Crippen LogP contribution in [0.25, 0.3) is 0 Å². The maximum Gasteiger partial charge on any atom is 0.0694 e. The zero-order valence-corrected chi connectivity index (χ0v) is 10.1. The van der Waals surface area contributed by atoms with Gasteiger partial charge in [0.2, 0.25) is 0 Å². The molecule has 0 saturated carbocycles. The van der Waals surface area contributed by atoms with E-state index in [0.717, 1.165) is 18.9 Å². The smallest absolute Gasteiger partial charge is 0.0694 e. The molecule has 14 heavy (non-hydrogen) atoms. The van der Waals surface area contributed by atoms with Crippen LogP contribution in [0.5, 0.6) is 0 Å². The Morgan fingerprint density at radius 1 is 1.14 bits per heavy atom. The molecule has 2 N–H and O–H groups in total. The first kappa shape index (κ1) is 13.9. The Balaban J connectivity index is 3.59. The standard InChI is InChI=1S/C12H27NO/c1-4-7-8-11(5-2)10-14-12(6-3)9-13/h11-12H,4-10,13H2,1-3H3. The Labute approximate surface area is 89.2 Å². The van der Waals surface area contributed by atoms with Crippen LogP contribution in [-0.4, -0.2) is 19.3 Å². The summed E-state index contributed by atoms with van der Waals surface area (Å²) in [6, 6.07) is 0. The Morgan fingerprint density at radius 3 is 2.29 bits per heavy atom. The fourth-order valence-electron chi connectivity index (χ4n) is 1.52. The molecule has 0 aromatic carbocycles. The summed E-state index contributed by atoms with van der Waals surface area (Å²) >= 11 is 0. The number of ether oxygens (including phenoxy) is 1. The minimum absolute atomic E-state index is 0.269. The second-order valence-corrected chi connectivity index (χ2v) is 4.02. The molecule has 0 aliphatic heterocycles. The highest BCUT2D eigenvalue weighted by atomic mass is 16.5. The summed E-state index contributed by atoms with van der Waals surface area (Å²) in [4.78, 5) is 0. The minimum Gasteiger partial charge on any atom is -0.377 e. The van der Waals surface area contributed by atoms with E-state index in [1.807, 2.05) is 0 Å². The normalized spacial score (nSPS) is 15.4. The van der Waals surface area contributed by atoms with Gasteiger partial charge in [-0.3, -0.25) is 0 Å². The third-order valence-electron chi connectivity index (χ3n) is 2.83. The number of hydrogen-bond donors (Lipinski definition) is 1. The lowest BCUT2D eigenvalue weighted by Gasteiger charge is -2.19. The summed E-state index contributed by atoms with van der Waals surface area (Å²) in [6.07, 6.45) is 6.42. The van der Waals surface area contributed by atoms with Crippen molar-refractivity contribution in [3.05, 3.63) is 0 Å². The summed E-state index contributed by atoms with van der Waals surface area (Å²) in [5.74, 6) is 0.732. The Kier molecular flexibility index (Phi) is 9.42. The summed E-state index contributed by atoms with van der Waals surface area (Å²) < 4.78 is 5.77. The highest BCUT2D eigenvalue weighted by Gasteiger charge is 2.09. The van der Waals surface area contributed by atoms with Gasteiger partial charge in [-0.15, -0.1) is 0 Å². The van der Waals surface area contributed by atoms with Gasteiger partial charge in [-0.05, 0) is 18.8 Å². The van der Waals surface area contributed by atoms with Crippen LogP contribution in [-0.2, 0) is 4.74 Å². The first-order chi connectivity index (χ1) is 6.78. The van der Waals surface area contributed by atoms with E-state index in [1.54, 1.807) is 0 Å². The first-order valence-corrected chi connectivity index (χ1v) is 6.10. The van der Waals surface area contributed by atoms with E-state index in [0.29, 0.717) is 6.54 Å². The molecule has 0 radical (unpaired) electrons. The number of nitrogens with two attached hydrogens (primary N) is 1. The van der Waals surface area contributed by atoms with Gasteiger partial charge < -0.3 is 10.5 Å². The lowest BCUT2D eigenvalue weighted by molar-refractivity contribution is 0.0289. The molecule has 0 bridgehead atoms. The molecule has 2 unspecified atom stereocenters. The topological polar surface area (TPSA) is 35.2 Å². The Bertz CT molecular complexity index is 113. The van der Waals surface area contributed by atoms with Gasteiger partial charge in [-0.1, -0.05) is 40.0 Å². The number of hydrogen-bond acceptors (Lipinski definition) is 2. The molecule has 2 heteroatoms. The van der Waals surface area contributed by atoms with Crippen LogP contribution >= 0.6 is 0 Å². The molecule has 86 valence electrons. The lowest BCUT2D eigenvalue weighted by atomic mass is 10.0. The fourth-order valence-corrected chi connectivity index (χ4v) is 1.52. The van der Waals surface area contributed by atoms with Gasteiger partial charge in [-0.25, -0.2) is 0 Å². The second kappa shape index (κ2) is 9.47. The predicted molar refractivity (Wildman–Crippen MR) is 62.4 cm³/mol. The highest BCUT2D eigenvalue weighted by Crippen LogP contribution is 2.14. The third-order valence-corrected chi connectivity index (χ3v) is 2.83. The van der Waals surface area contributed by atoms with E-state index < -0.39 is 0 Å². The SMILES string of the molecule is CCCCC(CC)COC(CC)CN. The maximum atomic E-state index is 5.77. The van der Waals surface area contributed by atoms with Crippen LogP contribution in [0.1, 0.15) is 52.9 Å². The van der Waals surface area contributed by atoms with Gasteiger partial charge in [0.15, 0.2) is 0 Å². The average molecular weight is 201 g/mol. The lowest BCUT2D eigenvalue weighted by Crippen LogP contribution is -2.25.